The number of allylic oxidation sites excluding steroid dienone is 3. The number of alkyl halides is 6. The van der Waals surface area contributed by atoms with Gasteiger partial charge < -0.3 is 4.74 Å². The van der Waals surface area contributed by atoms with Crippen LogP contribution in [0.2, 0.25) is 0 Å². The number of benzene rings is 2. The van der Waals surface area contributed by atoms with Crippen molar-refractivity contribution in [3.05, 3.63) is 83.5 Å². The fourth-order valence-corrected chi connectivity index (χ4v) is 6.50. The van der Waals surface area contributed by atoms with E-state index < -0.39 is 31.4 Å². The van der Waals surface area contributed by atoms with E-state index >= 15 is 0 Å². The number of aliphatic imine (C=N–C) groups is 1. The second-order valence-electron chi connectivity index (χ2n) is 8.47. The van der Waals surface area contributed by atoms with E-state index in [1.807, 2.05) is 32.1 Å². The van der Waals surface area contributed by atoms with Crippen molar-refractivity contribution in [2.24, 2.45) is 10.9 Å². The number of ether oxygens (including phenoxy) is 1. The van der Waals surface area contributed by atoms with Crippen LogP contribution in [-0.4, -0.2) is 24.2 Å². The van der Waals surface area contributed by atoms with Gasteiger partial charge in [-0.1, -0.05) is 56.3 Å². The van der Waals surface area contributed by atoms with Gasteiger partial charge in [0.1, 0.15) is 6.61 Å². The molecule has 2 aliphatic rings. The molecule has 1 aliphatic heterocycles. The second kappa shape index (κ2) is 9.21. The summed E-state index contributed by atoms with van der Waals surface area (Å²) in [5.41, 5.74) is -1.07. The van der Waals surface area contributed by atoms with E-state index in [-0.39, 0.29) is 17.6 Å². The number of rotatable bonds is 5. The van der Waals surface area contributed by atoms with Crippen molar-refractivity contribution in [3.8, 4) is 0 Å². The van der Waals surface area contributed by atoms with Crippen LogP contribution in [-0.2, 0) is 17.1 Å². The zero-order chi connectivity index (χ0) is 24.7. The normalized spacial score (nSPS) is 20.6. The van der Waals surface area contributed by atoms with Crippen molar-refractivity contribution in [2.45, 2.75) is 37.9 Å². The molecule has 0 N–H and O–H groups in total. The summed E-state index contributed by atoms with van der Waals surface area (Å²) in [6.45, 7) is 4.52. The van der Waals surface area contributed by atoms with Crippen LogP contribution in [0.5, 0.6) is 0 Å². The average molecular weight is 497 g/mol. The Balaban J connectivity index is 1.75. The number of hydrogen-bond donors (Lipinski definition) is 0. The van der Waals surface area contributed by atoms with Gasteiger partial charge in [-0.05, 0) is 48.7 Å². The van der Waals surface area contributed by atoms with Gasteiger partial charge >= 0.3 is 12.4 Å². The summed E-state index contributed by atoms with van der Waals surface area (Å²) < 4.78 is 84.5. The van der Waals surface area contributed by atoms with Gasteiger partial charge in [-0.2, -0.15) is 26.3 Å². The molecule has 180 valence electrons. The van der Waals surface area contributed by atoms with Crippen molar-refractivity contribution < 1.29 is 31.1 Å². The molecule has 34 heavy (non-hydrogen) atoms. The Morgan fingerprint density at radius 1 is 0.853 bits per heavy atom. The third-order valence-electron chi connectivity index (χ3n) is 5.80. The predicted octanol–water partition coefficient (Wildman–Crippen LogP) is 6.48. The second-order valence-corrected chi connectivity index (χ2v) is 10.8. The van der Waals surface area contributed by atoms with Gasteiger partial charge in [0.25, 0.3) is 0 Å². The summed E-state index contributed by atoms with van der Waals surface area (Å²) >= 11 is 0. The van der Waals surface area contributed by atoms with Gasteiger partial charge in [-0.15, -0.1) is 0 Å². The van der Waals surface area contributed by atoms with E-state index in [9.17, 15) is 26.3 Å². The fraction of sp³-hybridized carbons (Fsp3) is 0.320. The van der Waals surface area contributed by atoms with E-state index in [1.165, 1.54) is 24.3 Å². The van der Waals surface area contributed by atoms with E-state index in [0.717, 1.165) is 29.8 Å². The van der Waals surface area contributed by atoms with E-state index in [2.05, 4.69) is 4.99 Å². The molecule has 0 spiro atoms. The molecule has 0 fully saturated rings. The Kier molecular flexibility index (Phi) is 6.65. The SMILES string of the molecule is CC(C)[C@@H]1COC(C2=CC=C[C@H]2P(c2ccc(C(F)(F)F)cc2)c2ccc(C(F)(F)F)cc2)=N1. The quantitative estimate of drug-likeness (QED) is 0.343. The maximum Gasteiger partial charge on any atom is 0.416 e. The molecule has 0 bridgehead atoms. The number of hydrogen-bond acceptors (Lipinski definition) is 2. The minimum absolute atomic E-state index is 0.000478. The lowest BCUT2D eigenvalue weighted by Gasteiger charge is -2.27. The summed E-state index contributed by atoms with van der Waals surface area (Å²) in [4.78, 5) is 4.68. The zero-order valence-corrected chi connectivity index (χ0v) is 19.3. The number of nitrogens with zero attached hydrogens (tertiary/aromatic N) is 1. The minimum atomic E-state index is -4.48. The molecule has 0 saturated carbocycles. The number of halogens is 6. The molecule has 2 aromatic rings. The van der Waals surface area contributed by atoms with E-state index in [0.29, 0.717) is 23.1 Å². The smallest absolute Gasteiger partial charge is 0.416 e. The van der Waals surface area contributed by atoms with Crippen LogP contribution in [0.25, 0.3) is 0 Å². The summed E-state index contributed by atoms with van der Waals surface area (Å²) in [6.07, 6.45) is -3.36. The Morgan fingerprint density at radius 3 is 1.76 bits per heavy atom. The molecule has 0 radical (unpaired) electrons. The van der Waals surface area contributed by atoms with E-state index in [4.69, 9.17) is 4.74 Å². The van der Waals surface area contributed by atoms with Crippen LogP contribution < -0.4 is 10.6 Å². The molecule has 2 nitrogen and oxygen atoms in total. The first-order valence-corrected chi connectivity index (χ1v) is 12.1. The third kappa shape index (κ3) is 5.07. The highest BCUT2D eigenvalue weighted by molar-refractivity contribution is 7.74. The van der Waals surface area contributed by atoms with Crippen LogP contribution in [0.15, 0.2) is 77.3 Å². The molecule has 0 saturated heterocycles. The Bertz CT molecular complexity index is 1060. The Labute approximate surface area is 194 Å². The first kappa shape index (κ1) is 24.5. The van der Waals surface area contributed by atoms with Gasteiger partial charge in [-0.3, -0.25) is 0 Å². The Morgan fingerprint density at radius 2 is 1.35 bits per heavy atom. The van der Waals surface area contributed by atoms with Gasteiger partial charge in [0.05, 0.1) is 17.2 Å². The van der Waals surface area contributed by atoms with Crippen molar-refractivity contribution in [1.29, 1.82) is 0 Å². The lowest BCUT2D eigenvalue weighted by atomic mass is 10.1. The Hall–Kier alpha value is -2.60. The summed E-state index contributed by atoms with van der Waals surface area (Å²) in [5.74, 6) is 0.761. The molecule has 2 aromatic carbocycles. The predicted molar refractivity (Wildman–Crippen MR) is 122 cm³/mol. The monoisotopic (exact) mass is 497 g/mol. The zero-order valence-electron chi connectivity index (χ0n) is 18.4. The molecule has 1 heterocycles. The van der Waals surface area contributed by atoms with Gasteiger partial charge in [0.2, 0.25) is 5.90 Å². The van der Waals surface area contributed by atoms with Gasteiger partial charge in [-0.25, -0.2) is 4.99 Å². The van der Waals surface area contributed by atoms with Crippen LogP contribution in [0.4, 0.5) is 26.3 Å². The maximum atomic E-state index is 13.1. The van der Waals surface area contributed by atoms with Gasteiger partial charge in [0.15, 0.2) is 0 Å². The molecule has 2 atom stereocenters. The third-order valence-corrected chi connectivity index (χ3v) is 8.52. The first-order valence-electron chi connectivity index (χ1n) is 10.7. The molecular formula is C25H22F6NOP. The topological polar surface area (TPSA) is 21.6 Å². The van der Waals surface area contributed by atoms with Crippen molar-refractivity contribution in [2.75, 3.05) is 6.61 Å². The minimum Gasteiger partial charge on any atom is -0.475 e. The molecular weight excluding hydrogens is 475 g/mol. The summed E-state index contributed by atoms with van der Waals surface area (Å²) in [5, 5.41) is 1.23. The summed E-state index contributed by atoms with van der Waals surface area (Å²) in [6, 6.07) is 9.66. The highest BCUT2D eigenvalue weighted by atomic mass is 31.1. The fourth-order valence-electron chi connectivity index (χ4n) is 3.87. The average Bonchev–Trinajstić information content (AvgIpc) is 3.43. The van der Waals surface area contributed by atoms with Crippen LogP contribution in [0.3, 0.4) is 0 Å². The van der Waals surface area contributed by atoms with Crippen LogP contribution >= 0.6 is 7.92 Å². The van der Waals surface area contributed by atoms with E-state index in [1.54, 1.807) is 0 Å². The largest absolute Gasteiger partial charge is 0.475 e. The first-order chi connectivity index (χ1) is 15.9. The van der Waals surface area contributed by atoms with Crippen LogP contribution in [0, 0.1) is 5.92 Å². The van der Waals surface area contributed by atoms with Crippen molar-refractivity contribution in [1.82, 2.24) is 0 Å². The lowest BCUT2D eigenvalue weighted by molar-refractivity contribution is -0.138. The molecule has 0 amide bonds. The highest BCUT2D eigenvalue weighted by Gasteiger charge is 2.36. The molecule has 4 rings (SSSR count). The standard InChI is InChI=1S/C25H22F6NOP/c1-15(2)21-14-33-23(32-21)20-4-3-5-22(20)34(18-10-6-16(7-11-18)24(26,27)28)19-12-8-17(9-13-19)25(29,30)31/h3-13,15,21-22H,14H2,1-2H3/t21-,22+/m0/s1. The molecule has 0 unspecified atom stereocenters. The van der Waals surface area contributed by atoms with Crippen LogP contribution in [0.1, 0.15) is 25.0 Å². The molecule has 0 aromatic heterocycles. The van der Waals surface area contributed by atoms with Gasteiger partial charge in [0, 0.05) is 11.2 Å². The van der Waals surface area contributed by atoms with Crippen molar-refractivity contribution in [3.63, 3.8) is 0 Å². The summed E-state index contributed by atoms with van der Waals surface area (Å²) in [7, 11) is -1.38. The maximum absolute atomic E-state index is 13.1. The molecule has 1 aliphatic carbocycles. The highest BCUT2D eigenvalue weighted by Crippen LogP contribution is 2.47. The van der Waals surface area contributed by atoms with Crippen molar-refractivity contribution >= 4 is 24.4 Å². The lowest BCUT2D eigenvalue weighted by Crippen LogP contribution is -2.25. The molecule has 9 heteroatoms.